The summed E-state index contributed by atoms with van der Waals surface area (Å²) in [7, 11) is 1.88. The molecule has 0 saturated heterocycles. The van der Waals surface area contributed by atoms with E-state index in [-0.39, 0.29) is 0 Å². The highest BCUT2D eigenvalue weighted by Crippen LogP contribution is 2.29. The predicted octanol–water partition coefficient (Wildman–Crippen LogP) is 4.39. The molecule has 1 aromatic carbocycles. The summed E-state index contributed by atoms with van der Waals surface area (Å²) in [6.07, 6.45) is 1.80. The van der Waals surface area contributed by atoms with Crippen molar-refractivity contribution in [3.63, 3.8) is 0 Å². The predicted molar refractivity (Wildman–Crippen MR) is 78.2 cm³/mol. The third-order valence-corrected chi connectivity index (χ3v) is 4.67. The van der Waals surface area contributed by atoms with Gasteiger partial charge in [0.1, 0.15) is 0 Å². The molecule has 0 aliphatic rings. The van der Waals surface area contributed by atoms with Crippen LogP contribution in [0.2, 0.25) is 5.02 Å². The molecule has 0 amide bonds. The number of thiazole rings is 1. The molecule has 0 aliphatic carbocycles. The van der Waals surface area contributed by atoms with E-state index in [1.165, 1.54) is 5.56 Å². The highest BCUT2D eigenvalue weighted by atomic mass is 79.9. The van der Waals surface area contributed by atoms with Crippen molar-refractivity contribution in [2.24, 2.45) is 0 Å². The van der Waals surface area contributed by atoms with Gasteiger partial charge in [-0.25, -0.2) is 4.98 Å². The first kappa shape index (κ1) is 12.9. The van der Waals surface area contributed by atoms with Crippen LogP contribution in [-0.2, 0) is 12.8 Å². The van der Waals surface area contributed by atoms with Crippen LogP contribution in [0.5, 0.6) is 0 Å². The molecule has 0 fully saturated rings. The zero-order valence-electron chi connectivity index (χ0n) is 9.34. The molecular weight excluding hydrogens is 320 g/mol. The summed E-state index contributed by atoms with van der Waals surface area (Å²) in [5.41, 5.74) is 2.25. The van der Waals surface area contributed by atoms with Gasteiger partial charge in [-0.1, -0.05) is 41.1 Å². The molecular formula is C12H12BrClN2S. The Morgan fingerprint density at radius 2 is 2.12 bits per heavy atom. The SMILES string of the molecule is CNc1nc(CCc2ccccc2Cl)c(Br)s1. The number of aromatic nitrogens is 1. The first-order valence-electron chi connectivity index (χ1n) is 5.27. The van der Waals surface area contributed by atoms with Crippen LogP contribution in [0.1, 0.15) is 11.3 Å². The van der Waals surface area contributed by atoms with Crippen LogP contribution in [0.4, 0.5) is 5.13 Å². The Labute approximate surface area is 118 Å². The summed E-state index contributed by atoms with van der Waals surface area (Å²) in [4.78, 5) is 4.49. The third-order valence-electron chi connectivity index (χ3n) is 2.45. The average molecular weight is 332 g/mol. The van der Waals surface area contributed by atoms with E-state index in [9.17, 15) is 0 Å². The van der Waals surface area contributed by atoms with Crippen molar-refractivity contribution in [3.05, 3.63) is 44.3 Å². The highest BCUT2D eigenvalue weighted by Gasteiger charge is 2.08. The van der Waals surface area contributed by atoms with Crippen LogP contribution in [-0.4, -0.2) is 12.0 Å². The molecule has 17 heavy (non-hydrogen) atoms. The van der Waals surface area contributed by atoms with Gasteiger partial charge in [-0.05, 0) is 40.4 Å². The van der Waals surface area contributed by atoms with Crippen LogP contribution in [0.15, 0.2) is 28.1 Å². The monoisotopic (exact) mass is 330 g/mol. The molecule has 0 bridgehead atoms. The first-order chi connectivity index (χ1) is 8.20. The molecule has 1 heterocycles. The molecule has 0 spiro atoms. The standard InChI is InChI=1S/C12H12BrClN2S/c1-15-12-16-10(11(13)17-12)7-6-8-4-2-3-5-9(8)14/h2-5H,6-7H2,1H3,(H,15,16). The van der Waals surface area contributed by atoms with Crippen molar-refractivity contribution in [1.29, 1.82) is 0 Å². The Morgan fingerprint density at radius 3 is 2.76 bits per heavy atom. The number of benzene rings is 1. The van der Waals surface area contributed by atoms with Gasteiger partial charge in [0.25, 0.3) is 0 Å². The smallest absolute Gasteiger partial charge is 0.183 e. The van der Waals surface area contributed by atoms with Gasteiger partial charge in [0.15, 0.2) is 5.13 Å². The maximum atomic E-state index is 6.12. The second kappa shape index (κ2) is 5.85. The van der Waals surface area contributed by atoms with Crippen molar-refractivity contribution in [2.75, 3.05) is 12.4 Å². The molecule has 1 N–H and O–H groups in total. The number of anilines is 1. The Kier molecular flexibility index (Phi) is 4.42. The Morgan fingerprint density at radius 1 is 1.35 bits per heavy atom. The van der Waals surface area contributed by atoms with Gasteiger partial charge in [-0.2, -0.15) is 0 Å². The van der Waals surface area contributed by atoms with Gasteiger partial charge in [-0.15, -0.1) is 0 Å². The van der Waals surface area contributed by atoms with Crippen LogP contribution >= 0.6 is 38.9 Å². The lowest BCUT2D eigenvalue weighted by atomic mass is 10.1. The number of rotatable bonds is 4. The largest absolute Gasteiger partial charge is 0.365 e. The maximum absolute atomic E-state index is 6.12. The molecule has 2 aromatic rings. The topological polar surface area (TPSA) is 24.9 Å². The Bertz CT molecular complexity index is 513. The zero-order chi connectivity index (χ0) is 12.3. The minimum Gasteiger partial charge on any atom is -0.365 e. The quantitative estimate of drug-likeness (QED) is 0.899. The fourth-order valence-electron chi connectivity index (χ4n) is 1.55. The summed E-state index contributed by atoms with van der Waals surface area (Å²) in [6.45, 7) is 0. The zero-order valence-corrected chi connectivity index (χ0v) is 12.5. The maximum Gasteiger partial charge on any atom is 0.183 e. The van der Waals surface area contributed by atoms with Crippen molar-refractivity contribution < 1.29 is 0 Å². The van der Waals surface area contributed by atoms with E-state index in [0.29, 0.717) is 0 Å². The minimum atomic E-state index is 0.827. The highest BCUT2D eigenvalue weighted by molar-refractivity contribution is 9.11. The van der Waals surface area contributed by atoms with Gasteiger partial charge in [-0.3, -0.25) is 0 Å². The van der Waals surface area contributed by atoms with Crippen molar-refractivity contribution in [2.45, 2.75) is 12.8 Å². The molecule has 2 nitrogen and oxygen atoms in total. The fourth-order valence-corrected chi connectivity index (χ4v) is 3.22. The minimum absolute atomic E-state index is 0.827. The number of hydrogen-bond donors (Lipinski definition) is 1. The Balaban J connectivity index is 2.07. The second-order valence-electron chi connectivity index (χ2n) is 3.58. The fraction of sp³-hybridized carbons (Fsp3) is 0.250. The van der Waals surface area contributed by atoms with Gasteiger partial charge in [0, 0.05) is 12.1 Å². The lowest BCUT2D eigenvalue weighted by molar-refractivity contribution is 0.922. The molecule has 1 aromatic heterocycles. The van der Waals surface area contributed by atoms with E-state index in [1.807, 2.05) is 25.2 Å². The second-order valence-corrected chi connectivity index (χ2v) is 6.30. The Hall–Kier alpha value is -0.580. The molecule has 0 saturated carbocycles. The first-order valence-corrected chi connectivity index (χ1v) is 7.26. The summed E-state index contributed by atoms with van der Waals surface area (Å²) in [5, 5.41) is 4.81. The molecule has 90 valence electrons. The van der Waals surface area contributed by atoms with Gasteiger partial charge < -0.3 is 5.32 Å². The normalized spacial score (nSPS) is 10.5. The van der Waals surface area contributed by atoms with Gasteiger partial charge in [0.2, 0.25) is 0 Å². The number of aryl methyl sites for hydroxylation is 2. The van der Waals surface area contributed by atoms with E-state index in [2.05, 4.69) is 32.3 Å². The molecule has 2 rings (SSSR count). The molecule has 0 aliphatic heterocycles. The van der Waals surface area contributed by atoms with E-state index in [1.54, 1.807) is 11.3 Å². The van der Waals surface area contributed by atoms with E-state index < -0.39 is 0 Å². The van der Waals surface area contributed by atoms with E-state index in [4.69, 9.17) is 11.6 Å². The van der Waals surface area contributed by atoms with Gasteiger partial charge >= 0.3 is 0 Å². The summed E-state index contributed by atoms with van der Waals surface area (Å²) in [6, 6.07) is 7.94. The molecule has 5 heteroatoms. The molecule has 0 atom stereocenters. The van der Waals surface area contributed by atoms with Crippen molar-refractivity contribution in [3.8, 4) is 0 Å². The van der Waals surface area contributed by atoms with E-state index in [0.717, 1.165) is 32.5 Å². The summed E-state index contributed by atoms with van der Waals surface area (Å²) < 4.78 is 1.09. The lowest BCUT2D eigenvalue weighted by Crippen LogP contribution is -1.94. The van der Waals surface area contributed by atoms with Crippen molar-refractivity contribution in [1.82, 2.24) is 4.98 Å². The molecule has 0 unspecified atom stereocenters. The van der Waals surface area contributed by atoms with Crippen LogP contribution in [0.3, 0.4) is 0 Å². The van der Waals surface area contributed by atoms with Crippen LogP contribution < -0.4 is 5.32 Å². The van der Waals surface area contributed by atoms with Crippen molar-refractivity contribution >= 4 is 44.0 Å². The number of nitrogens with one attached hydrogen (secondary N) is 1. The van der Waals surface area contributed by atoms with E-state index >= 15 is 0 Å². The lowest BCUT2D eigenvalue weighted by Gasteiger charge is -2.02. The third kappa shape index (κ3) is 3.21. The average Bonchev–Trinajstić information content (AvgIpc) is 2.69. The number of nitrogens with zero attached hydrogens (tertiary/aromatic N) is 1. The summed E-state index contributed by atoms with van der Waals surface area (Å²) in [5.74, 6) is 0. The van der Waals surface area contributed by atoms with Crippen LogP contribution in [0.25, 0.3) is 0 Å². The summed E-state index contributed by atoms with van der Waals surface area (Å²) >= 11 is 11.3. The number of halogens is 2. The number of hydrogen-bond acceptors (Lipinski definition) is 3. The van der Waals surface area contributed by atoms with Gasteiger partial charge in [0.05, 0.1) is 9.48 Å². The van der Waals surface area contributed by atoms with Crippen LogP contribution in [0, 0.1) is 0 Å². The molecule has 0 radical (unpaired) electrons.